The molecule has 6 heteroatoms. The monoisotopic (exact) mass is 272 g/mol. The van der Waals surface area contributed by atoms with Crippen LogP contribution in [-0.4, -0.2) is 10.9 Å². The van der Waals surface area contributed by atoms with Gasteiger partial charge in [0.1, 0.15) is 0 Å². The normalized spacial score (nSPS) is 13.8. The highest BCUT2D eigenvalue weighted by atomic mass is 32.1. The van der Waals surface area contributed by atoms with Gasteiger partial charge in [-0.15, -0.1) is 0 Å². The summed E-state index contributed by atoms with van der Waals surface area (Å²) < 4.78 is 26.4. The van der Waals surface area contributed by atoms with Crippen LogP contribution in [0.1, 0.15) is 20.3 Å². The number of amides is 1. The molecule has 0 bridgehead atoms. The van der Waals surface area contributed by atoms with Gasteiger partial charge >= 0.3 is 0 Å². The van der Waals surface area contributed by atoms with Gasteiger partial charge in [0.25, 0.3) is 0 Å². The summed E-state index contributed by atoms with van der Waals surface area (Å²) in [6.45, 7) is 3.29. The molecule has 18 heavy (non-hydrogen) atoms. The molecule has 98 valence electrons. The zero-order valence-electron chi connectivity index (χ0n) is 10.1. The summed E-state index contributed by atoms with van der Waals surface area (Å²) in [4.78, 5) is 12.0. The van der Waals surface area contributed by atoms with E-state index in [1.165, 1.54) is 12.1 Å². The van der Waals surface area contributed by atoms with Gasteiger partial charge in [-0.1, -0.05) is 25.2 Å². The molecule has 1 unspecified atom stereocenters. The zero-order chi connectivity index (χ0) is 13.9. The average Bonchev–Trinajstić information content (AvgIpc) is 2.33. The Morgan fingerprint density at radius 2 is 2.11 bits per heavy atom. The lowest BCUT2D eigenvalue weighted by atomic mass is 9.86. The third-order valence-electron chi connectivity index (χ3n) is 2.95. The Kier molecular flexibility index (Phi) is 4.34. The van der Waals surface area contributed by atoms with Crippen molar-refractivity contribution in [1.82, 2.24) is 0 Å². The molecule has 1 aromatic carbocycles. The van der Waals surface area contributed by atoms with Crippen LogP contribution in [0, 0.1) is 17.0 Å². The van der Waals surface area contributed by atoms with E-state index in [2.05, 4.69) is 5.32 Å². The van der Waals surface area contributed by atoms with Gasteiger partial charge in [0.2, 0.25) is 5.91 Å². The summed E-state index contributed by atoms with van der Waals surface area (Å²) in [6.07, 6.45) is 0.366. The summed E-state index contributed by atoms with van der Waals surface area (Å²) in [5.41, 5.74) is 4.19. The molecule has 0 saturated heterocycles. The minimum Gasteiger partial charge on any atom is -0.392 e. The van der Waals surface area contributed by atoms with Crippen LogP contribution in [0.25, 0.3) is 0 Å². The fourth-order valence-corrected chi connectivity index (χ4v) is 1.54. The van der Waals surface area contributed by atoms with Gasteiger partial charge in [0.15, 0.2) is 11.6 Å². The van der Waals surface area contributed by atoms with Crippen LogP contribution in [0.4, 0.5) is 14.5 Å². The molecule has 1 aromatic rings. The predicted octanol–water partition coefficient (Wildman–Crippen LogP) is 2.61. The van der Waals surface area contributed by atoms with Gasteiger partial charge in [0.05, 0.1) is 16.1 Å². The topological polar surface area (TPSA) is 55.1 Å². The van der Waals surface area contributed by atoms with Crippen LogP contribution in [-0.2, 0) is 4.79 Å². The molecule has 0 aliphatic carbocycles. The maximum Gasteiger partial charge on any atom is 0.237 e. The number of carbonyl (C=O) groups excluding carboxylic acids is 1. The first-order valence-electron chi connectivity index (χ1n) is 5.38. The lowest BCUT2D eigenvalue weighted by Gasteiger charge is -2.25. The van der Waals surface area contributed by atoms with E-state index in [1.54, 1.807) is 13.8 Å². The molecule has 1 amide bonds. The third-order valence-corrected chi connectivity index (χ3v) is 3.40. The number of thiocarbonyl (C=S) groups is 1. The number of hydrogen-bond acceptors (Lipinski definition) is 2. The minimum absolute atomic E-state index is 0.0133. The number of carbonyl (C=O) groups is 1. The minimum atomic E-state index is -1.10. The van der Waals surface area contributed by atoms with Gasteiger partial charge in [-0.2, -0.15) is 0 Å². The molecule has 1 atom stereocenters. The SMILES string of the molecule is CCC(C)(C(=O)Nc1cccc(F)c1F)C(N)=S. The number of benzene rings is 1. The van der Waals surface area contributed by atoms with Crippen molar-refractivity contribution in [2.24, 2.45) is 11.1 Å². The lowest BCUT2D eigenvalue weighted by molar-refractivity contribution is -0.121. The fourth-order valence-electron chi connectivity index (χ4n) is 1.31. The fraction of sp³-hybridized carbons (Fsp3) is 0.333. The molecule has 0 saturated carbocycles. The van der Waals surface area contributed by atoms with E-state index in [9.17, 15) is 13.6 Å². The van der Waals surface area contributed by atoms with Crippen molar-refractivity contribution in [3.63, 3.8) is 0 Å². The number of rotatable bonds is 4. The van der Waals surface area contributed by atoms with Crippen LogP contribution in [0.15, 0.2) is 18.2 Å². The molecule has 0 aliphatic rings. The van der Waals surface area contributed by atoms with Crippen LogP contribution in [0.5, 0.6) is 0 Å². The second-order valence-electron chi connectivity index (χ2n) is 4.11. The zero-order valence-corrected chi connectivity index (χ0v) is 10.9. The lowest BCUT2D eigenvalue weighted by Crippen LogP contribution is -2.43. The first-order valence-corrected chi connectivity index (χ1v) is 5.79. The van der Waals surface area contributed by atoms with Crippen molar-refractivity contribution < 1.29 is 13.6 Å². The predicted molar refractivity (Wildman–Crippen MR) is 70.2 cm³/mol. The Balaban J connectivity index is 3.01. The number of anilines is 1. The van der Waals surface area contributed by atoms with E-state index in [0.29, 0.717) is 6.42 Å². The Hall–Kier alpha value is -1.56. The Morgan fingerprint density at radius 3 is 2.61 bits per heavy atom. The van der Waals surface area contributed by atoms with Crippen molar-refractivity contribution in [2.75, 3.05) is 5.32 Å². The van der Waals surface area contributed by atoms with Gasteiger partial charge in [-0.05, 0) is 25.5 Å². The molecule has 0 fully saturated rings. The van der Waals surface area contributed by atoms with Crippen LogP contribution >= 0.6 is 12.2 Å². The summed E-state index contributed by atoms with van der Waals surface area (Å²) in [6, 6.07) is 3.54. The first-order chi connectivity index (χ1) is 8.32. The largest absolute Gasteiger partial charge is 0.392 e. The van der Waals surface area contributed by atoms with Gasteiger partial charge in [-0.25, -0.2) is 8.78 Å². The highest BCUT2D eigenvalue weighted by molar-refractivity contribution is 7.80. The summed E-state index contributed by atoms with van der Waals surface area (Å²) >= 11 is 4.83. The molecular weight excluding hydrogens is 258 g/mol. The number of halogens is 2. The molecular formula is C12H14F2N2OS. The maximum absolute atomic E-state index is 13.4. The second kappa shape index (κ2) is 5.39. The third kappa shape index (κ3) is 2.64. The number of nitrogens with two attached hydrogens (primary N) is 1. The van der Waals surface area contributed by atoms with E-state index >= 15 is 0 Å². The summed E-state index contributed by atoms with van der Waals surface area (Å²) in [5.74, 6) is -2.68. The van der Waals surface area contributed by atoms with E-state index in [-0.39, 0.29) is 10.7 Å². The van der Waals surface area contributed by atoms with Gasteiger partial charge in [0, 0.05) is 0 Å². The van der Waals surface area contributed by atoms with E-state index < -0.39 is 23.0 Å². The van der Waals surface area contributed by atoms with Crippen LogP contribution in [0.2, 0.25) is 0 Å². The number of hydrogen-bond donors (Lipinski definition) is 2. The average molecular weight is 272 g/mol. The Morgan fingerprint density at radius 1 is 1.50 bits per heavy atom. The quantitative estimate of drug-likeness (QED) is 0.828. The van der Waals surface area contributed by atoms with E-state index in [4.69, 9.17) is 18.0 Å². The highest BCUT2D eigenvalue weighted by Gasteiger charge is 2.35. The first kappa shape index (κ1) is 14.5. The van der Waals surface area contributed by atoms with Crippen molar-refractivity contribution >= 4 is 28.8 Å². The maximum atomic E-state index is 13.4. The van der Waals surface area contributed by atoms with Crippen molar-refractivity contribution in [3.05, 3.63) is 29.8 Å². The molecule has 0 heterocycles. The van der Waals surface area contributed by atoms with Gasteiger partial charge in [-0.3, -0.25) is 4.79 Å². The molecule has 0 spiro atoms. The standard InChI is InChI=1S/C12H14F2N2OS/c1-3-12(2,10(15)18)11(17)16-8-6-4-5-7(13)9(8)14/h4-6H,3H2,1-2H3,(H2,15,18)(H,16,17). The molecule has 0 aliphatic heterocycles. The molecule has 3 N–H and O–H groups in total. The van der Waals surface area contributed by atoms with Gasteiger partial charge < -0.3 is 11.1 Å². The number of nitrogens with one attached hydrogen (secondary N) is 1. The van der Waals surface area contributed by atoms with Crippen molar-refractivity contribution in [2.45, 2.75) is 20.3 Å². The van der Waals surface area contributed by atoms with Crippen LogP contribution < -0.4 is 11.1 Å². The van der Waals surface area contributed by atoms with Crippen molar-refractivity contribution in [1.29, 1.82) is 0 Å². The molecule has 1 rings (SSSR count). The smallest absolute Gasteiger partial charge is 0.237 e. The summed E-state index contributed by atoms with van der Waals surface area (Å²) in [5, 5.41) is 2.30. The summed E-state index contributed by atoms with van der Waals surface area (Å²) in [7, 11) is 0. The van der Waals surface area contributed by atoms with Crippen molar-refractivity contribution in [3.8, 4) is 0 Å². The molecule has 3 nitrogen and oxygen atoms in total. The Labute approximate surface area is 109 Å². The molecule has 0 radical (unpaired) electrons. The Bertz CT molecular complexity index is 493. The molecule has 0 aromatic heterocycles. The van der Waals surface area contributed by atoms with E-state index in [0.717, 1.165) is 6.07 Å². The second-order valence-corrected chi connectivity index (χ2v) is 4.55. The highest BCUT2D eigenvalue weighted by Crippen LogP contribution is 2.25. The van der Waals surface area contributed by atoms with Crippen LogP contribution in [0.3, 0.4) is 0 Å². The van der Waals surface area contributed by atoms with E-state index in [1.807, 2.05) is 0 Å².